The summed E-state index contributed by atoms with van der Waals surface area (Å²) in [4.78, 5) is 31.8. The lowest BCUT2D eigenvalue weighted by Gasteiger charge is -2.28. The molecule has 0 amide bonds. The molecule has 0 aliphatic heterocycles. The van der Waals surface area contributed by atoms with Crippen LogP contribution in [-0.4, -0.2) is 61.9 Å². The summed E-state index contributed by atoms with van der Waals surface area (Å²) in [5.41, 5.74) is 0. The van der Waals surface area contributed by atoms with Gasteiger partial charge in [0.1, 0.15) is 6.54 Å². The molecule has 0 spiro atoms. The van der Waals surface area contributed by atoms with E-state index < -0.39 is 11.2 Å². The zero-order valence-electron chi connectivity index (χ0n) is 19.5. The summed E-state index contributed by atoms with van der Waals surface area (Å²) < 4.78 is 11.3. The Kier molecular flexibility index (Phi) is 19.3. The fraction of sp³-hybridized carbons (Fsp3) is 0.905. The smallest absolute Gasteiger partial charge is 0.309 e. The van der Waals surface area contributed by atoms with Gasteiger partial charge in [-0.05, 0) is 6.42 Å². The number of carbonyl (C=O) groups is 2. The summed E-state index contributed by atoms with van der Waals surface area (Å²) in [6.45, 7) is 5.05. The van der Waals surface area contributed by atoms with E-state index >= 15 is 0 Å². The Balaban J connectivity index is 0. The number of likely N-dealkylation sites (N-methyl/N-ethyl adjacent to an activating group) is 1. The predicted molar refractivity (Wildman–Crippen MR) is 116 cm³/mol. The highest BCUT2D eigenvalue weighted by atomic mass is 16.9. The second-order valence-corrected chi connectivity index (χ2v) is 8.41. The summed E-state index contributed by atoms with van der Waals surface area (Å²) in [5, 5.41) is 14.8. The maximum absolute atomic E-state index is 12.0. The van der Waals surface area contributed by atoms with E-state index in [1.54, 1.807) is 6.92 Å². The van der Waals surface area contributed by atoms with Crippen molar-refractivity contribution in [1.82, 2.24) is 0 Å². The normalized spacial score (nSPS) is 11.8. The minimum atomic E-state index is -1.75. The summed E-state index contributed by atoms with van der Waals surface area (Å²) >= 11 is 0. The average molecular weight is 435 g/mol. The van der Waals surface area contributed by atoms with Crippen molar-refractivity contribution in [3.63, 3.8) is 0 Å². The van der Waals surface area contributed by atoms with E-state index in [4.69, 9.17) is 24.8 Å². The molecule has 0 N–H and O–H groups in total. The third kappa shape index (κ3) is 26.1. The van der Waals surface area contributed by atoms with Crippen molar-refractivity contribution in [1.29, 1.82) is 0 Å². The zero-order chi connectivity index (χ0) is 23.4. The van der Waals surface area contributed by atoms with Crippen LogP contribution in [0.15, 0.2) is 0 Å². The highest BCUT2D eigenvalue weighted by molar-refractivity contribution is 5.72. The van der Waals surface area contributed by atoms with Crippen LogP contribution in [0.5, 0.6) is 0 Å². The maximum atomic E-state index is 12.0. The van der Waals surface area contributed by atoms with E-state index in [1.807, 2.05) is 21.1 Å². The Morgan fingerprint density at radius 1 is 0.867 bits per heavy atom. The molecule has 0 saturated carbocycles. The van der Waals surface area contributed by atoms with Gasteiger partial charge in [-0.3, -0.25) is 9.59 Å². The molecule has 9 heteroatoms. The van der Waals surface area contributed by atoms with Gasteiger partial charge in [0.15, 0.2) is 6.10 Å². The highest BCUT2D eigenvalue weighted by Crippen LogP contribution is 2.11. The lowest BCUT2D eigenvalue weighted by atomic mass is 10.1. The van der Waals surface area contributed by atoms with E-state index in [0.717, 1.165) is 12.8 Å². The molecule has 9 nitrogen and oxygen atoms in total. The molecule has 1 atom stereocenters. The highest BCUT2D eigenvalue weighted by Gasteiger charge is 2.25. The molecule has 0 aromatic heterocycles. The Hall–Kier alpha value is -1.90. The van der Waals surface area contributed by atoms with Crippen molar-refractivity contribution < 1.29 is 28.6 Å². The van der Waals surface area contributed by atoms with Crippen LogP contribution >= 0.6 is 0 Å². The molecule has 0 aromatic rings. The van der Waals surface area contributed by atoms with E-state index in [1.165, 1.54) is 44.9 Å². The lowest BCUT2D eigenvalue weighted by Crippen LogP contribution is -2.44. The average Bonchev–Trinajstić information content (AvgIpc) is 2.61. The molecule has 0 unspecified atom stereocenters. The second-order valence-electron chi connectivity index (χ2n) is 8.41. The molecule has 0 aromatic carbocycles. The van der Waals surface area contributed by atoms with Crippen LogP contribution in [0, 0.1) is 15.3 Å². The molecule has 178 valence electrons. The van der Waals surface area contributed by atoms with E-state index in [9.17, 15) is 9.59 Å². The van der Waals surface area contributed by atoms with Gasteiger partial charge in [-0.15, -0.1) is 0 Å². The molecule has 0 heterocycles. The number of nitrogens with zero attached hydrogens (tertiary/aromatic N) is 2. The number of hydrogen-bond donors (Lipinski definition) is 0. The van der Waals surface area contributed by atoms with Crippen LogP contribution in [0.25, 0.3) is 0 Å². The van der Waals surface area contributed by atoms with Gasteiger partial charge in [-0.2, -0.15) is 0 Å². The lowest BCUT2D eigenvalue weighted by molar-refractivity contribution is -0.873. The Morgan fingerprint density at radius 3 is 1.77 bits per heavy atom. The zero-order valence-corrected chi connectivity index (χ0v) is 19.5. The van der Waals surface area contributed by atoms with Gasteiger partial charge in [0.05, 0.1) is 39.3 Å². The van der Waals surface area contributed by atoms with Crippen LogP contribution < -0.4 is 0 Å². The van der Waals surface area contributed by atoms with Crippen LogP contribution in [0.4, 0.5) is 0 Å². The number of hydrogen-bond acceptors (Lipinski definition) is 7. The van der Waals surface area contributed by atoms with E-state index in [-0.39, 0.29) is 18.4 Å². The molecule has 0 radical (unpaired) electrons. The van der Waals surface area contributed by atoms with Crippen molar-refractivity contribution in [2.24, 2.45) is 0 Å². The minimum absolute atomic E-state index is 0.138. The standard InChI is InChI=1S/C21H42NO4.NO3/c1-6-8-9-10-11-12-13-14-15-16-25-21(24)17-19(18-22(3,4)5)26-20(23)7-2;2-1(3)4/h19H,6-18H2,1-5H3;/q+1;-1/t19-;/m0./s1. The minimum Gasteiger partial charge on any atom is -0.466 e. The first-order chi connectivity index (χ1) is 14.0. The van der Waals surface area contributed by atoms with Gasteiger partial charge >= 0.3 is 11.9 Å². The molecular weight excluding hydrogens is 392 g/mol. The number of ether oxygens (including phenoxy) is 2. The van der Waals surface area contributed by atoms with Crippen molar-refractivity contribution in [3.05, 3.63) is 15.3 Å². The quantitative estimate of drug-likeness (QED) is 0.117. The van der Waals surface area contributed by atoms with Crippen molar-refractivity contribution in [2.45, 2.75) is 90.6 Å². The first kappa shape index (κ1) is 30.3. The van der Waals surface area contributed by atoms with Gasteiger partial charge in [0, 0.05) is 6.42 Å². The predicted octanol–water partition coefficient (Wildman–Crippen LogP) is 4.24. The first-order valence-corrected chi connectivity index (χ1v) is 11.0. The van der Waals surface area contributed by atoms with E-state index in [0.29, 0.717) is 24.1 Å². The summed E-state index contributed by atoms with van der Waals surface area (Å²) in [7, 11) is 6.04. The largest absolute Gasteiger partial charge is 0.466 e. The summed E-state index contributed by atoms with van der Waals surface area (Å²) in [6.07, 6.45) is 11.2. The van der Waals surface area contributed by atoms with E-state index in [2.05, 4.69) is 6.92 Å². The number of carbonyl (C=O) groups excluding carboxylic acids is 2. The van der Waals surface area contributed by atoms with Crippen molar-refractivity contribution in [3.8, 4) is 0 Å². The van der Waals surface area contributed by atoms with Crippen molar-refractivity contribution >= 4 is 11.9 Å². The summed E-state index contributed by atoms with van der Waals surface area (Å²) in [6, 6.07) is 0. The topological polar surface area (TPSA) is 119 Å². The molecular formula is C21H42N2O7. The Bertz CT molecular complexity index is 461. The SMILES string of the molecule is CCCCCCCCCCCOC(=O)C[C@@H](C[N+](C)(C)C)OC(=O)CC.O=[N+]([O-])[O-]. The van der Waals surface area contributed by atoms with Crippen molar-refractivity contribution in [2.75, 3.05) is 34.3 Å². The number of unbranched alkanes of at least 4 members (excludes halogenated alkanes) is 8. The molecule has 30 heavy (non-hydrogen) atoms. The van der Waals surface area contributed by atoms with Crippen LogP contribution in [0.2, 0.25) is 0 Å². The molecule has 0 aliphatic rings. The van der Waals surface area contributed by atoms with Gasteiger partial charge in [0.2, 0.25) is 0 Å². The van der Waals surface area contributed by atoms with Crippen LogP contribution in [0.3, 0.4) is 0 Å². The molecule has 0 aliphatic carbocycles. The third-order valence-electron chi connectivity index (χ3n) is 4.24. The maximum Gasteiger partial charge on any atom is 0.309 e. The number of esters is 2. The number of rotatable bonds is 16. The van der Waals surface area contributed by atoms with Gasteiger partial charge in [-0.1, -0.05) is 65.2 Å². The second kappa shape index (κ2) is 19.1. The molecule has 0 rings (SSSR count). The summed E-state index contributed by atoms with van der Waals surface area (Å²) in [5.74, 6) is -0.540. The Labute approximate surface area is 181 Å². The van der Waals surface area contributed by atoms with Gasteiger partial charge in [0.25, 0.3) is 0 Å². The molecule has 0 saturated heterocycles. The van der Waals surface area contributed by atoms with Crippen LogP contribution in [0.1, 0.15) is 84.5 Å². The number of quaternary nitrogens is 1. The fourth-order valence-electron chi connectivity index (χ4n) is 2.87. The van der Waals surface area contributed by atoms with Gasteiger partial charge in [-0.25, -0.2) is 0 Å². The molecule has 0 bridgehead atoms. The third-order valence-corrected chi connectivity index (χ3v) is 4.24. The first-order valence-electron chi connectivity index (χ1n) is 11.0. The molecule has 0 fully saturated rings. The van der Waals surface area contributed by atoms with Gasteiger partial charge < -0.3 is 29.3 Å². The van der Waals surface area contributed by atoms with Crippen LogP contribution in [-0.2, 0) is 19.1 Å². The Morgan fingerprint density at radius 2 is 1.33 bits per heavy atom. The fourth-order valence-corrected chi connectivity index (χ4v) is 2.87. The monoisotopic (exact) mass is 434 g/mol.